The second-order valence-corrected chi connectivity index (χ2v) is 4.08. The van der Waals surface area contributed by atoms with Crippen molar-refractivity contribution in [1.29, 1.82) is 0 Å². The van der Waals surface area contributed by atoms with Crippen LogP contribution in [0.15, 0.2) is 24.3 Å². The number of morpholine rings is 1. The predicted molar refractivity (Wildman–Crippen MR) is 63.4 cm³/mol. The van der Waals surface area contributed by atoms with Gasteiger partial charge in [0.05, 0.1) is 19.3 Å². The highest BCUT2D eigenvalue weighted by Gasteiger charge is 2.22. The van der Waals surface area contributed by atoms with Gasteiger partial charge in [-0.15, -0.1) is 0 Å². The number of carbonyl (C=O) groups is 2. The summed E-state index contributed by atoms with van der Waals surface area (Å²) in [6, 6.07) is 6.47. The van der Waals surface area contributed by atoms with Crippen molar-refractivity contribution in [3.8, 4) is 0 Å². The smallest absolute Gasteiger partial charge is 0.182 e. The minimum absolute atomic E-state index is 0.00289. The third-order valence-electron chi connectivity index (χ3n) is 2.81. The normalized spacial score (nSPS) is 19.9. The van der Waals surface area contributed by atoms with Crippen molar-refractivity contribution in [2.75, 3.05) is 19.8 Å². The fourth-order valence-corrected chi connectivity index (χ4v) is 1.80. The predicted octanol–water partition coefficient (Wildman–Crippen LogP) is 1.06. The molecule has 4 nitrogen and oxygen atoms in total. The Hall–Kier alpha value is -1.52. The van der Waals surface area contributed by atoms with E-state index in [2.05, 4.69) is 5.32 Å². The molecule has 1 aromatic carbocycles. The molecule has 17 heavy (non-hydrogen) atoms. The second-order valence-electron chi connectivity index (χ2n) is 4.08. The minimum Gasteiger partial charge on any atom is -0.378 e. The molecule has 0 bridgehead atoms. The number of hydrogen-bond donors (Lipinski definition) is 1. The van der Waals surface area contributed by atoms with Crippen LogP contribution in [-0.4, -0.2) is 37.4 Å². The van der Waals surface area contributed by atoms with Gasteiger partial charge in [0.15, 0.2) is 11.6 Å². The molecule has 1 heterocycles. The van der Waals surface area contributed by atoms with Crippen LogP contribution in [0.5, 0.6) is 0 Å². The summed E-state index contributed by atoms with van der Waals surface area (Å²) in [6.07, 6.45) is 0. The summed E-state index contributed by atoms with van der Waals surface area (Å²) >= 11 is 0. The number of Topliss-reactive ketones (excluding diaryl/α,β-unsaturated/α-hetero) is 2. The summed E-state index contributed by atoms with van der Waals surface area (Å²) in [7, 11) is 0. The Morgan fingerprint density at radius 3 is 2.41 bits per heavy atom. The third-order valence-corrected chi connectivity index (χ3v) is 2.81. The topological polar surface area (TPSA) is 55.4 Å². The minimum atomic E-state index is -0.271. The molecule has 1 aliphatic rings. The first kappa shape index (κ1) is 12.0. The van der Waals surface area contributed by atoms with Crippen molar-refractivity contribution >= 4 is 11.6 Å². The van der Waals surface area contributed by atoms with Gasteiger partial charge in [0.25, 0.3) is 0 Å². The Balaban J connectivity index is 2.10. The first-order valence-corrected chi connectivity index (χ1v) is 5.65. The average molecular weight is 233 g/mol. The maximum Gasteiger partial charge on any atom is 0.182 e. The summed E-state index contributed by atoms with van der Waals surface area (Å²) in [5.41, 5.74) is 1.23. The van der Waals surface area contributed by atoms with E-state index in [9.17, 15) is 9.59 Å². The molecule has 0 aliphatic carbocycles. The molecule has 0 saturated carbocycles. The van der Waals surface area contributed by atoms with Crippen LogP contribution in [0.4, 0.5) is 0 Å². The number of nitrogens with one attached hydrogen (secondary N) is 1. The zero-order valence-corrected chi connectivity index (χ0v) is 9.73. The van der Waals surface area contributed by atoms with Crippen molar-refractivity contribution in [2.45, 2.75) is 13.0 Å². The molecule has 1 atom stereocenters. The molecule has 90 valence electrons. The largest absolute Gasteiger partial charge is 0.378 e. The van der Waals surface area contributed by atoms with E-state index in [-0.39, 0.29) is 17.6 Å². The number of rotatable bonds is 3. The molecule has 1 aromatic rings. The molecule has 1 fully saturated rings. The number of ether oxygens (including phenoxy) is 1. The van der Waals surface area contributed by atoms with Crippen LogP contribution >= 0.6 is 0 Å². The van der Waals surface area contributed by atoms with Crippen molar-refractivity contribution in [3.05, 3.63) is 35.4 Å². The van der Waals surface area contributed by atoms with Crippen LogP contribution < -0.4 is 5.32 Å². The lowest BCUT2D eigenvalue weighted by molar-refractivity contribution is 0.0607. The zero-order chi connectivity index (χ0) is 12.3. The number of hydrogen-bond acceptors (Lipinski definition) is 4. The van der Waals surface area contributed by atoms with Gasteiger partial charge in [-0.3, -0.25) is 9.59 Å². The molecular weight excluding hydrogens is 218 g/mol. The van der Waals surface area contributed by atoms with E-state index in [0.29, 0.717) is 30.9 Å². The maximum atomic E-state index is 12.1. The van der Waals surface area contributed by atoms with E-state index in [1.54, 1.807) is 24.3 Å². The van der Waals surface area contributed by atoms with E-state index in [0.717, 1.165) is 0 Å². The molecule has 1 N–H and O–H groups in total. The Kier molecular flexibility index (Phi) is 3.66. The summed E-state index contributed by atoms with van der Waals surface area (Å²) < 4.78 is 5.25. The van der Waals surface area contributed by atoms with Crippen LogP contribution in [0.25, 0.3) is 0 Å². The fourth-order valence-electron chi connectivity index (χ4n) is 1.80. The third kappa shape index (κ3) is 2.78. The van der Waals surface area contributed by atoms with E-state index >= 15 is 0 Å². The van der Waals surface area contributed by atoms with Crippen LogP contribution in [0.3, 0.4) is 0 Å². The Bertz CT molecular complexity index is 419. The molecule has 0 aromatic heterocycles. The average Bonchev–Trinajstić information content (AvgIpc) is 2.39. The van der Waals surface area contributed by atoms with Crippen molar-refractivity contribution < 1.29 is 14.3 Å². The fraction of sp³-hybridized carbons (Fsp3) is 0.385. The van der Waals surface area contributed by atoms with Gasteiger partial charge in [-0.1, -0.05) is 24.3 Å². The van der Waals surface area contributed by atoms with Gasteiger partial charge in [-0.2, -0.15) is 0 Å². The van der Waals surface area contributed by atoms with Crippen LogP contribution in [0, 0.1) is 0 Å². The standard InChI is InChI=1S/C13H15NO3/c1-9(15)10-2-4-11(5-3-10)13(16)12-8-17-7-6-14-12/h2-5,12,14H,6-8H2,1H3. The monoisotopic (exact) mass is 233 g/mol. The van der Waals surface area contributed by atoms with Crippen LogP contribution in [0.2, 0.25) is 0 Å². The van der Waals surface area contributed by atoms with E-state index < -0.39 is 0 Å². The van der Waals surface area contributed by atoms with Crippen LogP contribution in [0.1, 0.15) is 27.6 Å². The lowest BCUT2D eigenvalue weighted by Crippen LogP contribution is -2.46. The van der Waals surface area contributed by atoms with Gasteiger partial charge in [-0.05, 0) is 6.92 Å². The maximum absolute atomic E-state index is 12.1. The lowest BCUT2D eigenvalue weighted by Gasteiger charge is -2.22. The molecular formula is C13H15NO3. The van der Waals surface area contributed by atoms with Gasteiger partial charge >= 0.3 is 0 Å². The van der Waals surface area contributed by atoms with Gasteiger partial charge in [0, 0.05) is 17.7 Å². The number of benzene rings is 1. The summed E-state index contributed by atoms with van der Waals surface area (Å²) in [5.74, 6) is 0.0166. The Labute approximate surface area is 100.0 Å². The summed E-state index contributed by atoms with van der Waals surface area (Å²) in [6.45, 7) is 3.26. The molecule has 1 aliphatic heterocycles. The van der Waals surface area contributed by atoms with E-state index in [1.807, 2.05) is 0 Å². The van der Waals surface area contributed by atoms with E-state index in [4.69, 9.17) is 4.74 Å². The van der Waals surface area contributed by atoms with Gasteiger partial charge < -0.3 is 10.1 Å². The molecule has 0 radical (unpaired) electrons. The zero-order valence-electron chi connectivity index (χ0n) is 9.73. The summed E-state index contributed by atoms with van der Waals surface area (Å²) in [4.78, 5) is 23.2. The molecule has 1 saturated heterocycles. The van der Waals surface area contributed by atoms with E-state index in [1.165, 1.54) is 6.92 Å². The highest BCUT2D eigenvalue weighted by Crippen LogP contribution is 2.09. The number of ketones is 2. The summed E-state index contributed by atoms with van der Waals surface area (Å²) in [5, 5.41) is 3.11. The molecule has 4 heteroatoms. The quantitative estimate of drug-likeness (QED) is 0.793. The molecule has 0 spiro atoms. The second kappa shape index (κ2) is 5.21. The molecule has 0 amide bonds. The van der Waals surface area contributed by atoms with Crippen molar-refractivity contribution in [1.82, 2.24) is 5.32 Å². The van der Waals surface area contributed by atoms with Gasteiger partial charge in [0.1, 0.15) is 0 Å². The highest BCUT2D eigenvalue weighted by molar-refractivity contribution is 6.01. The molecule has 2 rings (SSSR count). The first-order valence-electron chi connectivity index (χ1n) is 5.65. The van der Waals surface area contributed by atoms with Crippen molar-refractivity contribution in [2.24, 2.45) is 0 Å². The first-order chi connectivity index (χ1) is 8.18. The lowest BCUT2D eigenvalue weighted by atomic mass is 10.0. The molecule has 1 unspecified atom stereocenters. The van der Waals surface area contributed by atoms with Crippen LogP contribution in [-0.2, 0) is 4.74 Å². The van der Waals surface area contributed by atoms with Crippen molar-refractivity contribution in [3.63, 3.8) is 0 Å². The van der Waals surface area contributed by atoms with Gasteiger partial charge in [-0.25, -0.2) is 0 Å². The Morgan fingerprint density at radius 1 is 1.24 bits per heavy atom. The van der Waals surface area contributed by atoms with Gasteiger partial charge in [0.2, 0.25) is 0 Å². The Morgan fingerprint density at radius 2 is 1.88 bits per heavy atom. The highest BCUT2D eigenvalue weighted by atomic mass is 16.5. The number of carbonyl (C=O) groups excluding carboxylic acids is 2. The SMILES string of the molecule is CC(=O)c1ccc(C(=O)C2COCCN2)cc1.